The molecule has 5 rings (SSSR count). The number of carboxylic acids is 1. The number of nitrogens with zero attached hydrogens (tertiary/aromatic N) is 1. The molecule has 1 aliphatic heterocycles. The SMILES string of the molecule is Cc1c2c(cc3c(-c4ccccc4)cc(=O)oc13)C(=NOCC(=O)O)CC1(CCCCC1)O2. The summed E-state index contributed by atoms with van der Waals surface area (Å²) in [6, 6.07) is 13.1. The van der Waals surface area contributed by atoms with Gasteiger partial charge in [-0.1, -0.05) is 41.9 Å². The average Bonchev–Trinajstić information content (AvgIpc) is 2.81. The lowest BCUT2D eigenvalue weighted by Crippen LogP contribution is -2.44. The van der Waals surface area contributed by atoms with Crippen LogP contribution in [0.3, 0.4) is 0 Å². The molecule has 170 valence electrons. The molecule has 2 heterocycles. The Balaban J connectivity index is 1.73. The Morgan fingerprint density at radius 1 is 1.12 bits per heavy atom. The van der Waals surface area contributed by atoms with Crippen molar-refractivity contribution in [1.29, 1.82) is 0 Å². The van der Waals surface area contributed by atoms with Gasteiger partial charge in [-0.15, -0.1) is 0 Å². The number of aliphatic carboxylic acids is 1. The van der Waals surface area contributed by atoms with Crippen LogP contribution in [-0.4, -0.2) is 29.0 Å². The minimum atomic E-state index is -1.08. The van der Waals surface area contributed by atoms with Crippen LogP contribution in [0.25, 0.3) is 22.1 Å². The number of benzene rings is 2. The van der Waals surface area contributed by atoms with Crippen molar-refractivity contribution in [1.82, 2.24) is 0 Å². The monoisotopic (exact) mass is 447 g/mol. The lowest BCUT2D eigenvalue weighted by Gasteiger charge is -2.42. The summed E-state index contributed by atoms with van der Waals surface area (Å²) in [5.74, 6) is -0.455. The zero-order chi connectivity index (χ0) is 23.0. The van der Waals surface area contributed by atoms with Crippen molar-refractivity contribution in [2.45, 2.75) is 51.0 Å². The van der Waals surface area contributed by atoms with Crippen molar-refractivity contribution in [2.24, 2.45) is 5.16 Å². The number of hydrogen-bond acceptors (Lipinski definition) is 6. The summed E-state index contributed by atoms with van der Waals surface area (Å²) in [4.78, 5) is 28.6. The Hall–Kier alpha value is -3.61. The first-order chi connectivity index (χ1) is 16.0. The number of carboxylic acid groups (broad SMARTS) is 1. The molecule has 1 aromatic heterocycles. The number of oxime groups is 1. The number of rotatable bonds is 4. The summed E-state index contributed by atoms with van der Waals surface area (Å²) in [6.45, 7) is 1.37. The smallest absolute Gasteiger partial charge is 0.344 e. The van der Waals surface area contributed by atoms with Gasteiger partial charge in [0.05, 0.1) is 5.71 Å². The third-order valence-electron chi connectivity index (χ3n) is 6.55. The van der Waals surface area contributed by atoms with E-state index >= 15 is 0 Å². The van der Waals surface area contributed by atoms with Crippen LogP contribution in [0.4, 0.5) is 0 Å². The number of carbonyl (C=O) groups is 1. The van der Waals surface area contributed by atoms with Gasteiger partial charge in [-0.05, 0) is 49.8 Å². The fraction of sp³-hybridized carbons (Fsp3) is 0.346. The summed E-state index contributed by atoms with van der Waals surface area (Å²) in [5.41, 5.74) is 3.44. The van der Waals surface area contributed by atoms with E-state index in [1.165, 1.54) is 6.07 Å². The Labute approximate surface area is 190 Å². The fourth-order valence-corrected chi connectivity index (χ4v) is 5.02. The first-order valence-electron chi connectivity index (χ1n) is 11.2. The number of hydrogen-bond donors (Lipinski definition) is 1. The molecule has 7 nitrogen and oxygen atoms in total. The summed E-state index contributed by atoms with van der Waals surface area (Å²) in [5, 5.41) is 14.0. The highest BCUT2D eigenvalue weighted by molar-refractivity contribution is 6.09. The predicted octanol–water partition coefficient (Wildman–Crippen LogP) is 5.06. The molecule has 1 saturated carbocycles. The third kappa shape index (κ3) is 3.99. The minimum absolute atomic E-state index is 0.410. The lowest BCUT2D eigenvalue weighted by atomic mass is 9.77. The highest BCUT2D eigenvalue weighted by Gasteiger charge is 2.42. The average molecular weight is 447 g/mol. The van der Waals surface area contributed by atoms with E-state index in [1.807, 2.05) is 43.3 Å². The summed E-state index contributed by atoms with van der Waals surface area (Å²) in [6.07, 6.45) is 5.58. The second kappa shape index (κ2) is 8.39. The Morgan fingerprint density at radius 3 is 2.61 bits per heavy atom. The van der Waals surface area contributed by atoms with Crippen molar-refractivity contribution >= 4 is 22.7 Å². The van der Waals surface area contributed by atoms with Crippen molar-refractivity contribution in [3.63, 3.8) is 0 Å². The van der Waals surface area contributed by atoms with E-state index in [2.05, 4.69) is 5.16 Å². The van der Waals surface area contributed by atoms with E-state index < -0.39 is 23.8 Å². The Bertz CT molecular complexity index is 1300. The van der Waals surface area contributed by atoms with Gasteiger partial charge >= 0.3 is 11.6 Å². The van der Waals surface area contributed by atoms with E-state index in [4.69, 9.17) is 19.1 Å². The lowest BCUT2D eigenvalue weighted by molar-refractivity contribution is -0.142. The largest absolute Gasteiger partial charge is 0.486 e. The normalized spacial score (nSPS) is 18.2. The molecule has 0 unspecified atom stereocenters. The molecule has 1 fully saturated rings. The zero-order valence-electron chi connectivity index (χ0n) is 18.4. The van der Waals surface area contributed by atoms with Gasteiger partial charge in [0.2, 0.25) is 6.61 Å². The van der Waals surface area contributed by atoms with Gasteiger partial charge < -0.3 is 19.1 Å². The van der Waals surface area contributed by atoms with E-state index in [0.29, 0.717) is 23.5 Å². The minimum Gasteiger partial charge on any atom is -0.486 e. The van der Waals surface area contributed by atoms with Crippen LogP contribution >= 0.6 is 0 Å². The van der Waals surface area contributed by atoms with Crippen LogP contribution in [0, 0.1) is 6.92 Å². The van der Waals surface area contributed by atoms with Gasteiger partial charge in [0, 0.05) is 29.0 Å². The predicted molar refractivity (Wildman–Crippen MR) is 124 cm³/mol. The molecular formula is C26H25NO6. The highest BCUT2D eigenvalue weighted by Crippen LogP contribution is 2.46. The first kappa shape index (κ1) is 21.2. The van der Waals surface area contributed by atoms with Crippen molar-refractivity contribution in [3.8, 4) is 16.9 Å². The molecule has 3 aromatic rings. The molecule has 2 aliphatic rings. The Morgan fingerprint density at radius 2 is 1.88 bits per heavy atom. The topological polar surface area (TPSA) is 98.3 Å². The maximum absolute atomic E-state index is 12.5. The van der Waals surface area contributed by atoms with E-state index in [9.17, 15) is 9.59 Å². The second-order valence-electron chi connectivity index (χ2n) is 8.83. The van der Waals surface area contributed by atoms with E-state index in [-0.39, 0.29) is 0 Å². The molecular weight excluding hydrogens is 422 g/mol. The van der Waals surface area contributed by atoms with Gasteiger partial charge in [-0.25, -0.2) is 9.59 Å². The number of fused-ring (bicyclic) bond motifs is 2. The number of aryl methyl sites for hydroxylation is 1. The highest BCUT2D eigenvalue weighted by atomic mass is 16.6. The van der Waals surface area contributed by atoms with Crippen LogP contribution in [-0.2, 0) is 9.63 Å². The van der Waals surface area contributed by atoms with Crippen molar-refractivity contribution < 1.29 is 23.9 Å². The molecule has 0 bridgehead atoms. The van der Waals surface area contributed by atoms with Crippen LogP contribution < -0.4 is 10.4 Å². The molecule has 0 amide bonds. The van der Waals surface area contributed by atoms with Crippen LogP contribution in [0.1, 0.15) is 49.7 Å². The second-order valence-corrected chi connectivity index (χ2v) is 8.83. The summed E-state index contributed by atoms with van der Waals surface area (Å²) >= 11 is 0. The molecule has 0 saturated heterocycles. The zero-order valence-corrected chi connectivity index (χ0v) is 18.4. The van der Waals surface area contributed by atoms with Crippen LogP contribution in [0.5, 0.6) is 5.75 Å². The van der Waals surface area contributed by atoms with Gasteiger partial charge in [0.25, 0.3) is 0 Å². The first-order valence-corrected chi connectivity index (χ1v) is 11.2. The van der Waals surface area contributed by atoms with Gasteiger partial charge in [0.1, 0.15) is 16.9 Å². The quantitative estimate of drug-likeness (QED) is 0.443. The maximum atomic E-state index is 12.5. The molecule has 1 spiro atoms. The van der Waals surface area contributed by atoms with Crippen LogP contribution in [0.15, 0.2) is 56.8 Å². The molecule has 7 heteroatoms. The molecule has 1 N–H and O–H groups in total. The van der Waals surface area contributed by atoms with Gasteiger partial charge in [-0.3, -0.25) is 0 Å². The van der Waals surface area contributed by atoms with Crippen molar-refractivity contribution in [3.05, 3.63) is 64.0 Å². The number of ether oxygens (including phenoxy) is 1. The summed E-state index contributed by atoms with van der Waals surface area (Å²) < 4.78 is 12.3. The van der Waals surface area contributed by atoms with Gasteiger partial charge in [-0.2, -0.15) is 0 Å². The summed E-state index contributed by atoms with van der Waals surface area (Å²) in [7, 11) is 0. The third-order valence-corrected chi connectivity index (χ3v) is 6.55. The van der Waals surface area contributed by atoms with E-state index in [0.717, 1.165) is 59.7 Å². The molecule has 2 aromatic carbocycles. The van der Waals surface area contributed by atoms with Crippen molar-refractivity contribution in [2.75, 3.05) is 6.61 Å². The maximum Gasteiger partial charge on any atom is 0.344 e. The molecule has 0 radical (unpaired) electrons. The molecule has 0 atom stereocenters. The fourth-order valence-electron chi connectivity index (χ4n) is 5.02. The standard InChI is InChI=1S/C26H25NO6/c1-16-24-19(18(13-23(30)32-24)17-8-4-2-5-9-17)12-20-21(27-31-15-22(28)29)14-26(33-25(16)20)10-6-3-7-11-26/h2,4-5,8-9,12-13H,3,6-7,10-11,14-15H2,1H3,(H,28,29). The molecule has 33 heavy (non-hydrogen) atoms. The van der Waals surface area contributed by atoms with Crippen LogP contribution in [0.2, 0.25) is 0 Å². The Kier molecular flexibility index (Phi) is 5.40. The van der Waals surface area contributed by atoms with Gasteiger partial charge in [0.15, 0.2) is 0 Å². The van der Waals surface area contributed by atoms with E-state index in [1.54, 1.807) is 0 Å². The molecule has 1 aliphatic carbocycles.